The van der Waals surface area contributed by atoms with Crippen LogP contribution in [0.4, 0.5) is 0 Å². The van der Waals surface area contributed by atoms with Crippen LogP contribution in [-0.4, -0.2) is 33.3 Å². The predicted molar refractivity (Wildman–Crippen MR) is 91.3 cm³/mol. The molecule has 0 aliphatic heterocycles. The van der Waals surface area contributed by atoms with Crippen molar-refractivity contribution in [1.82, 2.24) is 19.1 Å². The minimum Gasteiger partial charge on any atom is -0.493 e. The molecule has 120 valence electrons. The summed E-state index contributed by atoms with van der Waals surface area (Å²) >= 11 is 0. The highest BCUT2D eigenvalue weighted by molar-refractivity contribution is 5.81. The van der Waals surface area contributed by atoms with Gasteiger partial charge in [-0.05, 0) is 24.3 Å². The van der Waals surface area contributed by atoms with E-state index in [0.717, 1.165) is 22.7 Å². The standard InChI is InChI=1S/C18H16N4O2/c1-23-15-11-13-14(12-16(15)24-2)20-18(22-9-5-6-10-22)17(19-13)21-7-3-4-8-21/h3-12H,1-2H3. The summed E-state index contributed by atoms with van der Waals surface area (Å²) in [6.45, 7) is 0. The molecule has 24 heavy (non-hydrogen) atoms. The van der Waals surface area contributed by atoms with Gasteiger partial charge in [-0.15, -0.1) is 0 Å². The van der Waals surface area contributed by atoms with Crippen LogP contribution < -0.4 is 9.47 Å². The molecule has 0 aliphatic carbocycles. The van der Waals surface area contributed by atoms with Gasteiger partial charge in [0.25, 0.3) is 0 Å². The first-order valence-electron chi connectivity index (χ1n) is 7.50. The minimum absolute atomic E-state index is 0.631. The lowest BCUT2D eigenvalue weighted by Crippen LogP contribution is -2.06. The maximum atomic E-state index is 5.37. The zero-order valence-electron chi connectivity index (χ0n) is 13.4. The van der Waals surface area contributed by atoms with Gasteiger partial charge >= 0.3 is 0 Å². The van der Waals surface area contributed by atoms with E-state index in [1.165, 1.54) is 0 Å². The maximum Gasteiger partial charge on any atom is 0.181 e. The quantitative estimate of drug-likeness (QED) is 0.579. The Morgan fingerprint density at radius 3 is 1.38 bits per heavy atom. The summed E-state index contributed by atoms with van der Waals surface area (Å²) < 4.78 is 14.6. The van der Waals surface area contributed by atoms with E-state index < -0.39 is 0 Å². The number of hydrogen-bond acceptors (Lipinski definition) is 4. The lowest BCUT2D eigenvalue weighted by atomic mass is 10.2. The van der Waals surface area contributed by atoms with Crippen molar-refractivity contribution in [3.8, 4) is 23.1 Å². The smallest absolute Gasteiger partial charge is 0.181 e. The number of methoxy groups -OCH3 is 2. The van der Waals surface area contributed by atoms with Crippen LogP contribution in [0.3, 0.4) is 0 Å². The van der Waals surface area contributed by atoms with E-state index in [1.54, 1.807) is 14.2 Å². The van der Waals surface area contributed by atoms with Gasteiger partial charge in [0, 0.05) is 36.9 Å². The number of aromatic nitrogens is 4. The van der Waals surface area contributed by atoms with Crippen molar-refractivity contribution >= 4 is 11.0 Å². The summed E-state index contributed by atoms with van der Waals surface area (Å²) in [5.74, 6) is 2.75. The molecule has 0 saturated heterocycles. The fraction of sp³-hybridized carbons (Fsp3) is 0.111. The van der Waals surface area contributed by atoms with Crippen molar-refractivity contribution in [3.05, 3.63) is 61.2 Å². The number of hydrogen-bond donors (Lipinski definition) is 0. The average molecular weight is 320 g/mol. The molecule has 3 heterocycles. The zero-order valence-corrected chi connectivity index (χ0v) is 13.4. The van der Waals surface area contributed by atoms with E-state index in [9.17, 15) is 0 Å². The Labute approximate surface area is 138 Å². The molecule has 1 aromatic carbocycles. The molecule has 0 unspecified atom stereocenters. The average Bonchev–Trinajstić information content (AvgIpc) is 3.32. The fourth-order valence-corrected chi connectivity index (χ4v) is 2.66. The summed E-state index contributed by atoms with van der Waals surface area (Å²) in [5.41, 5.74) is 1.49. The monoisotopic (exact) mass is 320 g/mol. The van der Waals surface area contributed by atoms with Crippen LogP contribution in [0.2, 0.25) is 0 Å². The van der Waals surface area contributed by atoms with E-state index in [4.69, 9.17) is 19.4 Å². The van der Waals surface area contributed by atoms with Gasteiger partial charge in [-0.1, -0.05) is 0 Å². The molecule has 0 fully saturated rings. The Balaban J connectivity index is 2.02. The topological polar surface area (TPSA) is 54.1 Å². The van der Waals surface area contributed by atoms with Crippen LogP contribution in [0, 0.1) is 0 Å². The highest BCUT2D eigenvalue weighted by Crippen LogP contribution is 2.32. The van der Waals surface area contributed by atoms with Crippen LogP contribution >= 0.6 is 0 Å². The lowest BCUT2D eigenvalue weighted by Gasteiger charge is -2.13. The molecule has 6 nitrogen and oxygen atoms in total. The van der Waals surface area contributed by atoms with Crippen molar-refractivity contribution < 1.29 is 9.47 Å². The SMILES string of the molecule is COc1cc2nc(-n3cccc3)c(-n3cccc3)nc2cc1OC. The number of ether oxygens (including phenoxy) is 2. The van der Waals surface area contributed by atoms with Crippen molar-refractivity contribution in [2.45, 2.75) is 0 Å². The van der Waals surface area contributed by atoms with Gasteiger partial charge in [-0.3, -0.25) is 0 Å². The third-order valence-electron chi connectivity index (χ3n) is 3.83. The maximum absolute atomic E-state index is 5.37. The number of nitrogens with zero attached hydrogens (tertiary/aromatic N) is 4. The molecular weight excluding hydrogens is 304 g/mol. The Hall–Kier alpha value is -3.28. The molecule has 0 amide bonds. The van der Waals surface area contributed by atoms with Crippen LogP contribution in [-0.2, 0) is 0 Å². The summed E-state index contributed by atoms with van der Waals surface area (Å²) in [7, 11) is 3.22. The molecule has 6 heteroatoms. The van der Waals surface area contributed by atoms with Crippen molar-refractivity contribution in [3.63, 3.8) is 0 Å². The number of rotatable bonds is 4. The van der Waals surface area contributed by atoms with Gasteiger partial charge in [0.05, 0.1) is 25.3 Å². The van der Waals surface area contributed by atoms with Crippen molar-refractivity contribution in [1.29, 1.82) is 0 Å². The molecule has 3 aromatic heterocycles. The highest BCUT2D eigenvalue weighted by Gasteiger charge is 2.14. The fourth-order valence-electron chi connectivity index (χ4n) is 2.66. The summed E-state index contributed by atoms with van der Waals surface area (Å²) in [5, 5.41) is 0. The first kappa shape index (κ1) is 14.3. The van der Waals surface area contributed by atoms with Crippen molar-refractivity contribution in [2.24, 2.45) is 0 Å². The Morgan fingerprint density at radius 1 is 0.667 bits per heavy atom. The van der Waals surface area contributed by atoms with E-state index in [-0.39, 0.29) is 0 Å². The predicted octanol–water partition coefficient (Wildman–Crippen LogP) is 3.23. The first-order chi connectivity index (χ1) is 11.8. The molecular formula is C18H16N4O2. The second kappa shape index (κ2) is 5.73. The van der Waals surface area contributed by atoms with Gasteiger partial charge in [0.15, 0.2) is 23.1 Å². The molecule has 4 rings (SSSR count). The highest BCUT2D eigenvalue weighted by atomic mass is 16.5. The number of benzene rings is 1. The molecule has 0 N–H and O–H groups in total. The number of fused-ring (bicyclic) bond motifs is 1. The molecule has 0 aliphatic rings. The van der Waals surface area contributed by atoms with E-state index in [1.807, 2.05) is 70.3 Å². The van der Waals surface area contributed by atoms with Gasteiger partial charge in [0.2, 0.25) is 0 Å². The molecule has 0 radical (unpaired) electrons. The summed E-state index contributed by atoms with van der Waals surface area (Å²) in [4.78, 5) is 9.60. The van der Waals surface area contributed by atoms with E-state index in [0.29, 0.717) is 11.5 Å². The van der Waals surface area contributed by atoms with Gasteiger partial charge in [-0.2, -0.15) is 0 Å². The Bertz CT molecular complexity index is 895. The van der Waals surface area contributed by atoms with Gasteiger partial charge in [-0.25, -0.2) is 9.97 Å². The van der Waals surface area contributed by atoms with Crippen LogP contribution in [0.1, 0.15) is 0 Å². The Kier molecular flexibility index (Phi) is 3.42. The van der Waals surface area contributed by atoms with E-state index in [2.05, 4.69) is 0 Å². The molecule has 0 spiro atoms. The normalized spacial score (nSPS) is 10.9. The lowest BCUT2D eigenvalue weighted by molar-refractivity contribution is 0.355. The van der Waals surface area contributed by atoms with Crippen molar-refractivity contribution in [2.75, 3.05) is 14.2 Å². The third-order valence-corrected chi connectivity index (χ3v) is 3.83. The van der Waals surface area contributed by atoms with Gasteiger partial charge < -0.3 is 18.6 Å². The van der Waals surface area contributed by atoms with Crippen LogP contribution in [0.25, 0.3) is 22.7 Å². The van der Waals surface area contributed by atoms with E-state index >= 15 is 0 Å². The second-order valence-corrected chi connectivity index (χ2v) is 5.25. The molecule has 0 saturated carbocycles. The largest absolute Gasteiger partial charge is 0.493 e. The molecule has 0 atom stereocenters. The second-order valence-electron chi connectivity index (χ2n) is 5.25. The van der Waals surface area contributed by atoms with Gasteiger partial charge in [0.1, 0.15) is 0 Å². The minimum atomic E-state index is 0.631. The Morgan fingerprint density at radius 2 is 1.04 bits per heavy atom. The summed E-state index contributed by atoms with van der Waals surface area (Å²) in [6, 6.07) is 11.5. The third kappa shape index (κ3) is 2.28. The van der Waals surface area contributed by atoms with Crippen LogP contribution in [0.15, 0.2) is 61.2 Å². The summed E-state index contributed by atoms with van der Waals surface area (Å²) in [6.07, 6.45) is 7.79. The molecule has 0 bridgehead atoms. The zero-order chi connectivity index (χ0) is 16.5. The molecule has 4 aromatic rings. The first-order valence-corrected chi connectivity index (χ1v) is 7.50. The van der Waals surface area contributed by atoms with Crippen LogP contribution in [0.5, 0.6) is 11.5 Å².